The lowest BCUT2D eigenvalue weighted by atomic mass is 10.0. The van der Waals surface area contributed by atoms with Crippen LogP contribution in [0.3, 0.4) is 0 Å². The number of hydrogen-bond donors (Lipinski definition) is 1. The summed E-state index contributed by atoms with van der Waals surface area (Å²) in [5.41, 5.74) is 1.10. The predicted molar refractivity (Wildman–Crippen MR) is 70.6 cm³/mol. The molecule has 90 valence electrons. The van der Waals surface area contributed by atoms with Gasteiger partial charge in [-0.2, -0.15) is 0 Å². The van der Waals surface area contributed by atoms with Crippen molar-refractivity contribution in [1.29, 1.82) is 0 Å². The smallest absolute Gasteiger partial charge is 0.137 e. The second-order valence-electron chi connectivity index (χ2n) is 3.98. The van der Waals surface area contributed by atoms with E-state index in [2.05, 4.69) is 17.2 Å². The molecule has 0 saturated heterocycles. The fourth-order valence-corrected chi connectivity index (χ4v) is 3.17. The lowest BCUT2D eigenvalue weighted by Crippen LogP contribution is -2.25. The van der Waals surface area contributed by atoms with Crippen LogP contribution in [-0.4, -0.2) is 12.3 Å². The van der Waals surface area contributed by atoms with Gasteiger partial charge in [0, 0.05) is 23.9 Å². The fraction of sp³-hybridized carbons (Fsp3) is 0.429. The predicted octanol–water partition coefficient (Wildman–Crippen LogP) is 3.37. The Bertz CT molecular complexity index is 447. The number of halogens is 1. The highest BCUT2D eigenvalue weighted by Crippen LogP contribution is 2.37. The third-order valence-corrected chi connectivity index (χ3v) is 4.00. The maximum Gasteiger partial charge on any atom is 0.137 e. The summed E-state index contributed by atoms with van der Waals surface area (Å²) >= 11 is 1.62. The molecule has 1 aromatic rings. The van der Waals surface area contributed by atoms with E-state index in [-0.39, 0.29) is 11.9 Å². The van der Waals surface area contributed by atoms with Gasteiger partial charge in [0.2, 0.25) is 0 Å². The molecule has 0 aromatic heterocycles. The summed E-state index contributed by atoms with van der Waals surface area (Å²) in [5, 5.41) is 3.46. The highest BCUT2D eigenvalue weighted by atomic mass is 32.2. The van der Waals surface area contributed by atoms with E-state index in [0.29, 0.717) is 0 Å². The molecule has 0 saturated carbocycles. The molecule has 1 N–H and O–H groups in total. The third kappa shape index (κ3) is 3.02. The summed E-state index contributed by atoms with van der Waals surface area (Å²) in [7, 11) is 0. The van der Waals surface area contributed by atoms with Gasteiger partial charge in [0.05, 0.1) is 0 Å². The Morgan fingerprint density at radius 3 is 3.24 bits per heavy atom. The minimum absolute atomic E-state index is 0.0904. The van der Waals surface area contributed by atoms with Crippen molar-refractivity contribution in [3.63, 3.8) is 0 Å². The number of benzene rings is 1. The molecule has 0 fully saturated rings. The Balaban J connectivity index is 2.06. The minimum Gasteiger partial charge on any atom is -0.309 e. The third-order valence-electron chi connectivity index (χ3n) is 2.84. The van der Waals surface area contributed by atoms with Gasteiger partial charge < -0.3 is 5.32 Å². The van der Waals surface area contributed by atoms with Crippen molar-refractivity contribution in [3.8, 4) is 11.8 Å². The molecule has 1 aromatic carbocycles. The summed E-state index contributed by atoms with van der Waals surface area (Å²) in [4.78, 5) is 0.817. The molecule has 1 atom stereocenters. The monoisotopic (exact) mass is 249 g/mol. The van der Waals surface area contributed by atoms with Crippen LogP contribution in [0, 0.1) is 17.7 Å². The van der Waals surface area contributed by atoms with Crippen LogP contribution < -0.4 is 5.32 Å². The van der Waals surface area contributed by atoms with Gasteiger partial charge in [-0.15, -0.1) is 23.6 Å². The van der Waals surface area contributed by atoms with Crippen molar-refractivity contribution in [2.24, 2.45) is 0 Å². The SMILES string of the molecule is CC#CCCNC1CCSc2c(F)cccc21. The second kappa shape index (κ2) is 6.09. The molecule has 2 rings (SSSR count). The van der Waals surface area contributed by atoms with Gasteiger partial charge in [0.15, 0.2) is 0 Å². The molecule has 1 unspecified atom stereocenters. The zero-order valence-corrected chi connectivity index (χ0v) is 10.7. The van der Waals surface area contributed by atoms with E-state index in [0.717, 1.165) is 35.6 Å². The van der Waals surface area contributed by atoms with E-state index in [1.807, 2.05) is 13.0 Å². The van der Waals surface area contributed by atoms with Crippen molar-refractivity contribution in [2.45, 2.75) is 30.7 Å². The van der Waals surface area contributed by atoms with Crippen LogP contribution in [0.1, 0.15) is 31.4 Å². The Hall–Kier alpha value is -0.980. The van der Waals surface area contributed by atoms with Crippen molar-refractivity contribution in [3.05, 3.63) is 29.6 Å². The molecule has 0 amide bonds. The lowest BCUT2D eigenvalue weighted by Gasteiger charge is -2.26. The first-order valence-corrected chi connectivity index (χ1v) is 6.85. The van der Waals surface area contributed by atoms with E-state index in [9.17, 15) is 4.39 Å². The van der Waals surface area contributed by atoms with E-state index < -0.39 is 0 Å². The van der Waals surface area contributed by atoms with Crippen molar-refractivity contribution < 1.29 is 4.39 Å². The van der Waals surface area contributed by atoms with Crippen molar-refractivity contribution in [2.75, 3.05) is 12.3 Å². The average molecular weight is 249 g/mol. The largest absolute Gasteiger partial charge is 0.309 e. The number of fused-ring (bicyclic) bond motifs is 1. The van der Waals surface area contributed by atoms with Crippen LogP contribution in [0.5, 0.6) is 0 Å². The molecule has 1 aliphatic rings. The van der Waals surface area contributed by atoms with Gasteiger partial charge in [-0.3, -0.25) is 0 Å². The number of rotatable bonds is 3. The topological polar surface area (TPSA) is 12.0 Å². The number of thioether (sulfide) groups is 1. The molecule has 1 aliphatic heterocycles. The van der Waals surface area contributed by atoms with Crippen LogP contribution in [-0.2, 0) is 0 Å². The molecule has 1 nitrogen and oxygen atoms in total. The average Bonchev–Trinajstić information content (AvgIpc) is 2.36. The molecule has 17 heavy (non-hydrogen) atoms. The quantitative estimate of drug-likeness (QED) is 0.651. The van der Waals surface area contributed by atoms with E-state index in [1.165, 1.54) is 6.07 Å². The summed E-state index contributed by atoms with van der Waals surface area (Å²) < 4.78 is 13.6. The summed E-state index contributed by atoms with van der Waals surface area (Å²) in [6.45, 7) is 2.72. The molecule has 1 heterocycles. The van der Waals surface area contributed by atoms with Crippen LogP contribution in [0.15, 0.2) is 23.1 Å². The fourth-order valence-electron chi connectivity index (χ4n) is 2.03. The van der Waals surface area contributed by atoms with Gasteiger partial charge in [0.1, 0.15) is 5.82 Å². The lowest BCUT2D eigenvalue weighted by molar-refractivity contribution is 0.503. The van der Waals surface area contributed by atoms with Gasteiger partial charge in [-0.05, 0) is 30.7 Å². The normalized spacial score (nSPS) is 18.1. The van der Waals surface area contributed by atoms with Gasteiger partial charge in [-0.25, -0.2) is 4.39 Å². The Morgan fingerprint density at radius 1 is 1.53 bits per heavy atom. The number of hydrogen-bond acceptors (Lipinski definition) is 2. The molecule has 0 radical (unpaired) electrons. The summed E-state index contributed by atoms with van der Waals surface area (Å²) in [6, 6.07) is 5.63. The number of nitrogens with one attached hydrogen (secondary N) is 1. The Labute approximate surface area is 106 Å². The molecule has 0 aliphatic carbocycles. The highest BCUT2D eigenvalue weighted by Gasteiger charge is 2.22. The van der Waals surface area contributed by atoms with E-state index in [4.69, 9.17) is 0 Å². The molecule has 0 spiro atoms. The van der Waals surface area contributed by atoms with Crippen LogP contribution in [0.4, 0.5) is 4.39 Å². The van der Waals surface area contributed by atoms with Crippen LogP contribution in [0.2, 0.25) is 0 Å². The first kappa shape index (κ1) is 12.5. The van der Waals surface area contributed by atoms with Crippen LogP contribution >= 0.6 is 11.8 Å². The maximum atomic E-state index is 13.6. The van der Waals surface area contributed by atoms with Gasteiger partial charge in [-0.1, -0.05) is 12.1 Å². The van der Waals surface area contributed by atoms with E-state index in [1.54, 1.807) is 17.8 Å². The Morgan fingerprint density at radius 2 is 2.41 bits per heavy atom. The highest BCUT2D eigenvalue weighted by molar-refractivity contribution is 7.99. The maximum absolute atomic E-state index is 13.6. The zero-order chi connectivity index (χ0) is 12.1. The van der Waals surface area contributed by atoms with E-state index >= 15 is 0 Å². The first-order valence-electron chi connectivity index (χ1n) is 5.87. The Kier molecular flexibility index (Phi) is 4.47. The summed E-state index contributed by atoms with van der Waals surface area (Å²) in [5.74, 6) is 6.80. The van der Waals surface area contributed by atoms with Crippen LogP contribution in [0.25, 0.3) is 0 Å². The zero-order valence-electron chi connectivity index (χ0n) is 9.92. The first-order chi connectivity index (χ1) is 8.33. The molecular weight excluding hydrogens is 233 g/mol. The molecule has 3 heteroatoms. The summed E-state index contributed by atoms with van der Waals surface area (Å²) in [6.07, 6.45) is 1.91. The molecule has 0 bridgehead atoms. The van der Waals surface area contributed by atoms with Crippen molar-refractivity contribution in [1.82, 2.24) is 5.32 Å². The van der Waals surface area contributed by atoms with Crippen molar-refractivity contribution >= 4 is 11.8 Å². The second-order valence-corrected chi connectivity index (χ2v) is 5.08. The minimum atomic E-state index is -0.0904. The molecular formula is C14H16FNS. The standard InChI is InChI=1S/C14H16FNS/c1-2-3-4-9-16-13-8-10-17-14-11(13)6-5-7-12(14)15/h5-7,13,16H,4,8-10H2,1H3. The van der Waals surface area contributed by atoms with Gasteiger partial charge >= 0.3 is 0 Å². The van der Waals surface area contributed by atoms with Gasteiger partial charge in [0.25, 0.3) is 0 Å².